The Morgan fingerprint density at radius 3 is 1.44 bits per heavy atom. The summed E-state index contributed by atoms with van der Waals surface area (Å²) in [4.78, 5) is 11.6. The Labute approximate surface area is 371 Å². The van der Waals surface area contributed by atoms with Crippen molar-refractivity contribution in [2.75, 3.05) is 0 Å². The molecule has 63 heavy (non-hydrogen) atoms. The highest BCUT2D eigenvalue weighted by atomic mass is 32.2. The van der Waals surface area contributed by atoms with Crippen molar-refractivity contribution in [3.8, 4) is 34.0 Å². The van der Waals surface area contributed by atoms with Gasteiger partial charge in [-0.15, -0.1) is 26.3 Å². The first-order valence-corrected chi connectivity index (χ1v) is 23.3. The first-order chi connectivity index (χ1) is 30.2. The highest BCUT2D eigenvalue weighted by molar-refractivity contribution is 8.14. The highest BCUT2D eigenvalue weighted by Gasteiger charge is 2.45. The third kappa shape index (κ3) is 10.6. The van der Waals surface area contributed by atoms with Gasteiger partial charge in [-0.1, -0.05) is 46.3 Å². The molecule has 4 unspecified atom stereocenters. The molecule has 0 spiro atoms. The van der Waals surface area contributed by atoms with Gasteiger partial charge in [0, 0.05) is 51.5 Å². The lowest BCUT2D eigenvalue weighted by Crippen LogP contribution is -2.33. The molecule has 9 nitrogen and oxygen atoms in total. The first kappa shape index (κ1) is 44.5. The van der Waals surface area contributed by atoms with E-state index in [9.17, 15) is 31.1 Å². The van der Waals surface area contributed by atoms with Crippen LogP contribution in [0.25, 0.3) is 22.5 Å². The summed E-state index contributed by atoms with van der Waals surface area (Å²) < 4.78 is 110. The van der Waals surface area contributed by atoms with Crippen LogP contribution in [0.1, 0.15) is 118 Å². The predicted molar refractivity (Wildman–Crippen MR) is 224 cm³/mol. The van der Waals surface area contributed by atoms with E-state index in [2.05, 4.69) is 19.8 Å². The standard InChI is InChI=1S/C24H26F3NO4S.C22H24F3NO3S/c1-13(29)33-23-15-8-9-16(23)11-17(10-15)30-12-19-21(28-32-22(19)14-6-7-14)18-4-2-3-5-20(18)31-24(25,26)27;23-22(24,25)28-18-4-2-1-3-16(18)19-17(20(29-26-19)12-5-6-12)11-27-15-9-13-7-8-14(10-15)21(13)30/h2-5,14-17,23H,6-12H2,1H3;1-4,12-15,21,30H,5-11H2. The van der Waals surface area contributed by atoms with Crippen LogP contribution < -0.4 is 9.47 Å². The number of alkyl halides is 6. The average Bonchev–Trinajstić information content (AvgIpc) is 4.14. The SMILES string of the molecule is CC(=O)SC1C2CCC1CC(OCc1c(-c3ccccc3OC(F)(F)F)noc1C1CC1)C2.FC(F)(F)Oc1ccccc1-c1noc(C2CC2)c1COC1CC2CCC(C1)C2S. The summed E-state index contributed by atoms with van der Waals surface area (Å²) in [5.74, 6) is 3.46. The van der Waals surface area contributed by atoms with E-state index in [1.807, 2.05) is 0 Å². The Balaban J connectivity index is 0.000000161. The quantitative estimate of drug-likeness (QED) is 0.103. The van der Waals surface area contributed by atoms with Crippen LogP contribution in [0, 0.1) is 23.7 Å². The van der Waals surface area contributed by atoms with Gasteiger partial charge in [-0.2, -0.15) is 12.6 Å². The van der Waals surface area contributed by atoms with Crippen LogP contribution in [0.15, 0.2) is 57.6 Å². The van der Waals surface area contributed by atoms with E-state index in [-0.39, 0.29) is 65.0 Å². The van der Waals surface area contributed by atoms with E-state index in [1.165, 1.54) is 48.9 Å². The van der Waals surface area contributed by atoms with Crippen molar-refractivity contribution in [2.45, 2.75) is 144 Å². The second-order valence-electron chi connectivity index (χ2n) is 18.0. The normalized spacial score (nSPS) is 27.8. The fourth-order valence-electron chi connectivity index (χ4n) is 10.3. The number of aromatic nitrogens is 2. The summed E-state index contributed by atoms with van der Waals surface area (Å²) in [5, 5.41) is 9.29. The van der Waals surface area contributed by atoms with E-state index < -0.39 is 12.7 Å². The van der Waals surface area contributed by atoms with Crippen LogP contribution in [0.4, 0.5) is 26.3 Å². The van der Waals surface area contributed by atoms with Crippen LogP contribution >= 0.6 is 24.4 Å². The number of nitrogens with zero attached hydrogens (tertiary/aromatic N) is 2. The molecule has 4 aromatic rings. The Hall–Kier alpha value is -3.67. The van der Waals surface area contributed by atoms with Gasteiger partial charge >= 0.3 is 12.7 Å². The van der Waals surface area contributed by atoms with E-state index in [4.69, 9.17) is 31.1 Å². The molecule has 2 aromatic carbocycles. The number of halogens is 6. The Morgan fingerprint density at radius 1 is 0.651 bits per heavy atom. The average molecular weight is 921 g/mol. The molecule has 6 saturated carbocycles. The molecule has 10 rings (SSSR count). The van der Waals surface area contributed by atoms with Gasteiger partial charge in [-0.3, -0.25) is 4.79 Å². The van der Waals surface area contributed by atoms with Crippen LogP contribution in [-0.2, 0) is 27.5 Å². The molecule has 6 fully saturated rings. The summed E-state index contributed by atoms with van der Waals surface area (Å²) in [7, 11) is 0. The molecule has 0 aliphatic heterocycles. The van der Waals surface area contributed by atoms with Crippen molar-refractivity contribution < 1.29 is 59.1 Å². The molecule has 6 aliphatic carbocycles. The molecular weight excluding hydrogens is 871 g/mol. The minimum Gasteiger partial charge on any atom is -0.405 e. The molecule has 6 aliphatic rings. The smallest absolute Gasteiger partial charge is 0.405 e. The number of thioether (sulfide) groups is 1. The molecule has 4 bridgehead atoms. The van der Waals surface area contributed by atoms with E-state index in [1.54, 1.807) is 31.2 Å². The highest BCUT2D eigenvalue weighted by Crippen LogP contribution is 2.51. The van der Waals surface area contributed by atoms with Gasteiger partial charge in [0.2, 0.25) is 0 Å². The summed E-state index contributed by atoms with van der Waals surface area (Å²) in [6.45, 7) is 2.14. The van der Waals surface area contributed by atoms with Gasteiger partial charge < -0.3 is 28.0 Å². The van der Waals surface area contributed by atoms with Gasteiger partial charge in [0.15, 0.2) is 5.12 Å². The first-order valence-electron chi connectivity index (χ1n) is 21.9. The van der Waals surface area contributed by atoms with Crippen molar-refractivity contribution in [1.82, 2.24) is 10.3 Å². The molecule has 2 aromatic heterocycles. The Bertz CT molecular complexity index is 2210. The third-order valence-corrected chi connectivity index (χ3v) is 15.7. The molecule has 4 atom stereocenters. The van der Waals surface area contributed by atoms with Gasteiger partial charge in [0.05, 0.1) is 25.4 Å². The summed E-state index contributed by atoms with van der Waals surface area (Å²) in [6, 6.07) is 12.0. The predicted octanol–water partition coefficient (Wildman–Crippen LogP) is 12.6. The molecule has 0 saturated heterocycles. The van der Waals surface area contributed by atoms with E-state index >= 15 is 0 Å². The zero-order chi connectivity index (χ0) is 44.0. The maximum Gasteiger partial charge on any atom is 0.573 e. The second kappa shape index (κ2) is 18.3. The summed E-state index contributed by atoms with van der Waals surface area (Å²) >= 11 is 6.22. The van der Waals surface area contributed by atoms with E-state index in [0.29, 0.717) is 56.9 Å². The Kier molecular flexibility index (Phi) is 12.9. The zero-order valence-corrected chi connectivity index (χ0v) is 36.4. The van der Waals surface area contributed by atoms with Crippen LogP contribution in [0.2, 0.25) is 0 Å². The fourth-order valence-corrected chi connectivity index (χ4v) is 12.2. The number of ether oxygens (including phenoxy) is 4. The summed E-state index contributed by atoms with van der Waals surface area (Å²) in [6.07, 6.45) is 2.95. The van der Waals surface area contributed by atoms with E-state index in [0.717, 1.165) is 75.5 Å². The van der Waals surface area contributed by atoms with Gasteiger partial charge in [-0.05, 0) is 125 Å². The monoisotopic (exact) mass is 920 g/mol. The number of thiol groups is 1. The topological polar surface area (TPSA) is 106 Å². The zero-order valence-electron chi connectivity index (χ0n) is 34.7. The number of carbonyl (C=O) groups is 1. The van der Waals surface area contributed by atoms with Crippen molar-refractivity contribution in [3.05, 3.63) is 71.2 Å². The number of hydrogen-bond donors (Lipinski definition) is 1. The fraction of sp³-hybridized carbons (Fsp3) is 0.587. The van der Waals surface area contributed by atoms with Crippen molar-refractivity contribution in [2.24, 2.45) is 23.7 Å². The van der Waals surface area contributed by atoms with Crippen molar-refractivity contribution >= 4 is 29.5 Å². The summed E-state index contributed by atoms with van der Waals surface area (Å²) in [5.41, 5.74) is 2.69. The van der Waals surface area contributed by atoms with Crippen molar-refractivity contribution in [3.63, 3.8) is 0 Å². The van der Waals surface area contributed by atoms with Gasteiger partial charge in [0.25, 0.3) is 0 Å². The third-order valence-electron chi connectivity index (χ3n) is 13.5. The number of hydrogen-bond acceptors (Lipinski definition) is 11. The lowest BCUT2D eigenvalue weighted by molar-refractivity contribution is -0.275. The Morgan fingerprint density at radius 2 is 1.05 bits per heavy atom. The van der Waals surface area contributed by atoms with Crippen molar-refractivity contribution in [1.29, 1.82) is 0 Å². The lowest BCUT2D eigenvalue weighted by Gasteiger charge is -2.34. The molecule has 17 heteroatoms. The maximum atomic E-state index is 12.9. The van der Waals surface area contributed by atoms with Crippen LogP contribution in [0.5, 0.6) is 11.5 Å². The van der Waals surface area contributed by atoms with Crippen LogP contribution in [-0.4, -0.2) is 50.9 Å². The minimum atomic E-state index is -4.80. The van der Waals surface area contributed by atoms with Gasteiger partial charge in [-0.25, -0.2) is 0 Å². The molecule has 0 radical (unpaired) electrons. The molecule has 0 N–H and O–H groups in total. The minimum absolute atomic E-state index is 0.0581. The number of carbonyl (C=O) groups excluding carboxylic acids is 1. The number of para-hydroxylation sites is 2. The molecular formula is C46H50F6N2O7S2. The number of fused-ring (bicyclic) bond motifs is 4. The largest absolute Gasteiger partial charge is 0.573 e. The molecule has 2 heterocycles. The number of benzene rings is 2. The molecule has 340 valence electrons. The molecule has 0 amide bonds. The maximum absolute atomic E-state index is 12.9. The van der Waals surface area contributed by atoms with Crippen LogP contribution in [0.3, 0.4) is 0 Å². The lowest BCUT2D eigenvalue weighted by atomic mass is 9.86. The number of rotatable bonds is 13. The van der Waals surface area contributed by atoms with Gasteiger partial charge in [0.1, 0.15) is 34.4 Å². The second-order valence-corrected chi connectivity index (χ2v) is 19.9.